The van der Waals surface area contributed by atoms with E-state index in [0.29, 0.717) is 13.1 Å². The van der Waals surface area contributed by atoms with E-state index >= 15 is 0 Å². The van der Waals surface area contributed by atoms with Gasteiger partial charge in [0.25, 0.3) is 0 Å². The van der Waals surface area contributed by atoms with Gasteiger partial charge < -0.3 is 5.11 Å². The Kier molecular flexibility index (Phi) is 3.99. The number of phenols is 1. The molecule has 1 aliphatic heterocycles. The first-order chi connectivity index (χ1) is 8.37. The Hall–Kier alpha value is -0.590. The highest BCUT2D eigenvalue weighted by Crippen LogP contribution is 2.24. The summed E-state index contributed by atoms with van der Waals surface area (Å²) in [5, 5.41) is 9.48. The van der Waals surface area contributed by atoms with E-state index < -0.39 is 9.84 Å². The van der Waals surface area contributed by atoms with Gasteiger partial charge in [-0.25, -0.2) is 8.42 Å². The molecule has 1 N–H and O–H groups in total. The molecule has 2 rings (SSSR count). The topological polar surface area (TPSA) is 57.6 Å². The minimum absolute atomic E-state index is 0.0120. The Morgan fingerprint density at radius 3 is 2.89 bits per heavy atom. The van der Waals surface area contributed by atoms with Gasteiger partial charge in [-0.1, -0.05) is 15.9 Å². The molecule has 0 saturated carbocycles. The van der Waals surface area contributed by atoms with Crippen LogP contribution in [0.1, 0.15) is 12.5 Å². The predicted octanol–water partition coefficient (Wildman–Crippen LogP) is 1.77. The molecule has 1 aliphatic rings. The minimum Gasteiger partial charge on any atom is -0.508 e. The summed E-state index contributed by atoms with van der Waals surface area (Å²) >= 11 is 3.44. The second-order valence-electron chi connectivity index (χ2n) is 4.71. The molecule has 0 radical (unpaired) electrons. The highest BCUT2D eigenvalue weighted by molar-refractivity contribution is 9.10. The van der Waals surface area contributed by atoms with E-state index in [1.165, 1.54) is 0 Å². The number of nitrogens with zero attached hydrogens (tertiary/aromatic N) is 1. The van der Waals surface area contributed by atoms with Gasteiger partial charge >= 0.3 is 0 Å². The molecule has 4 nitrogen and oxygen atoms in total. The van der Waals surface area contributed by atoms with Gasteiger partial charge in [0.15, 0.2) is 9.84 Å². The van der Waals surface area contributed by atoms with Crippen molar-refractivity contribution in [2.75, 3.05) is 18.1 Å². The van der Waals surface area contributed by atoms with Crippen molar-refractivity contribution in [1.82, 2.24) is 4.90 Å². The van der Waals surface area contributed by atoms with Crippen LogP contribution in [-0.2, 0) is 16.4 Å². The van der Waals surface area contributed by atoms with Crippen LogP contribution in [0.2, 0.25) is 0 Å². The summed E-state index contributed by atoms with van der Waals surface area (Å²) in [6.07, 6.45) is 0. The molecule has 18 heavy (non-hydrogen) atoms. The largest absolute Gasteiger partial charge is 0.508 e. The van der Waals surface area contributed by atoms with Gasteiger partial charge in [0, 0.05) is 23.6 Å². The molecule has 0 spiro atoms. The standard InChI is InChI=1S/C12H16BrNO3S/c1-9-8-18(16,17)5-4-14(9)7-10-6-11(15)2-3-12(10)13/h2-3,6,9,15H,4-5,7-8H2,1H3. The predicted molar refractivity (Wildman–Crippen MR) is 74.3 cm³/mol. The van der Waals surface area contributed by atoms with Gasteiger partial charge in [0.05, 0.1) is 11.5 Å². The fourth-order valence-corrected chi connectivity index (χ4v) is 4.17. The second-order valence-corrected chi connectivity index (χ2v) is 7.79. The summed E-state index contributed by atoms with van der Waals surface area (Å²) in [5.41, 5.74) is 0.973. The summed E-state index contributed by atoms with van der Waals surface area (Å²) in [4.78, 5) is 2.13. The summed E-state index contributed by atoms with van der Waals surface area (Å²) in [6.45, 7) is 3.12. The quantitative estimate of drug-likeness (QED) is 0.896. The highest BCUT2D eigenvalue weighted by Gasteiger charge is 2.28. The third-order valence-electron chi connectivity index (χ3n) is 3.21. The van der Waals surface area contributed by atoms with Gasteiger partial charge in [-0.05, 0) is 30.7 Å². The van der Waals surface area contributed by atoms with Crippen LogP contribution in [0.3, 0.4) is 0 Å². The van der Waals surface area contributed by atoms with Crippen LogP contribution in [0, 0.1) is 0 Å². The average molecular weight is 334 g/mol. The molecular weight excluding hydrogens is 318 g/mol. The second kappa shape index (κ2) is 5.19. The van der Waals surface area contributed by atoms with E-state index in [4.69, 9.17) is 0 Å². The number of phenolic OH excluding ortho intramolecular Hbond substituents is 1. The van der Waals surface area contributed by atoms with E-state index in [1.54, 1.807) is 18.2 Å². The zero-order chi connectivity index (χ0) is 13.3. The van der Waals surface area contributed by atoms with Crippen LogP contribution in [0.15, 0.2) is 22.7 Å². The van der Waals surface area contributed by atoms with Crippen molar-refractivity contribution >= 4 is 25.8 Å². The van der Waals surface area contributed by atoms with Crippen molar-refractivity contribution in [1.29, 1.82) is 0 Å². The maximum absolute atomic E-state index is 11.5. The maximum atomic E-state index is 11.5. The molecule has 0 aromatic heterocycles. The fraction of sp³-hybridized carbons (Fsp3) is 0.500. The van der Waals surface area contributed by atoms with Crippen molar-refractivity contribution in [3.8, 4) is 5.75 Å². The molecule has 0 aliphatic carbocycles. The first kappa shape index (κ1) is 13.8. The zero-order valence-electron chi connectivity index (χ0n) is 10.1. The smallest absolute Gasteiger partial charge is 0.153 e. The van der Waals surface area contributed by atoms with E-state index in [2.05, 4.69) is 20.8 Å². The summed E-state index contributed by atoms with van der Waals surface area (Å²) in [6, 6.07) is 5.14. The van der Waals surface area contributed by atoms with Crippen LogP contribution in [0.25, 0.3) is 0 Å². The summed E-state index contributed by atoms with van der Waals surface area (Å²) in [5.74, 6) is 0.655. The Balaban J connectivity index is 2.12. The van der Waals surface area contributed by atoms with Crippen molar-refractivity contribution < 1.29 is 13.5 Å². The minimum atomic E-state index is -2.88. The van der Waals surface area contributed by atoms with Crippen molar-refractivity contribution in [3.05, 3.63) is 28.2 Å². The van der Waals surface area contributed by atoms with E-state index in [9.17, 15) is 13.5 Å². The van der Waals surface area contributed by atoms with Crippen LogP contribution in [-0.4, -0.2) is 42.5 Å². The first-order valence-electron chi connectivity index (χ1n) is 5.79. The molecule has 1 heterocycles. The molecule has 1 unspecified atom stereocenters. The van der Waals surface area contributed by atoms with Crippen LogP contribution in [0.5, 0.6) is 5.75 Å². The Labute approximate surface area is 116 Å². The number of hydrogen-bond acceptors (Lipinski definition) is 4. The van der Waals surface area contributed by atoms with Gasteiger partial charge in [0.2, 0.25) is 0 Å². The lowest BCUT2D eigenvalue weighted by Crippen LogP contribution is -2.46. The van der Waals surface area contributed by atoms with E-state index in [0.717, 1.165) is 10.0 Å². The summed E-state index contributed by atoms with van der Waals surface area (Å²) < 4.78 is 23.9. The van der Waals surface area contributed by atoms with Crippen molar-refractivity contribution in [2.45, 2.75) is 19.5 Å². The number of halogens is 1. The van der Waals surface area contributed by atoms with E-state index in [1.807, 2.05) is 6.92 Å². The number of hydrogen-bond donors (Lipinski definition) is 1. The third kappa shape index (κ3) is 3.24. The molecule has 100 valence electrons. The van der Waals surface area contributed by atoms with Crippen LogP contribution in [0.4, 0.5) is 0 Å². The number of rotatable bonds is 2. The Morgan fingerprint density at radius 1 is 1.50 bits per heavy atom. The van der Waals surface area contributed by atoms with E-state index in [-0.39, 0.29) is 23.3 Å². The molecule has 0 bridgehead atoms. The van der Waals surface area contributed by atoms with Crippen molar-refractivity contribution in [3.63, 3.8) is 0 Å². The molecular formula is C12H16BrNO3S. The lowest BCUT2D eigenvalue weighted by molar-refractivity contribution is 0.217. The van der Waals surface area contributed by atoms with Crippen molar-refractivity contribution in [2.24, 2.45) is 0 Å². The lowest BCUT2D eigenvalue weighted by atomic mass is 10.2. The van der Waals surface area contributed by atoms with Gasteiger partial charge in [-0.3, -0.25) is 4.90 Å². The fourth-order valence-electron chi connectivity index (χ4n) is 2.17. The average Bonchev–Trinajstić information content (AvgIpc) is 2.26. The Morgan fingerprint density at radius 2 is 2.22 bits per heavy atom. The van der Waals surface area contributed by atoms with Gasteiger partial charge in [-0.15, -0.1) is 0 Å². The van der Waals surface area contributed by atoms with Gasteiger partial charge in [0.1, 0.15) is 5.75 Å². The van der Waals surface area contributed by atoms with Gasteiger partial charge in [-0.2, -0.15) is 0 Å². The molecule has 6 heteroatoms. The molecule has 0 amide bonds. The molecule has 1 fully saturated rings. The molecule has 1 saturated heterocycles. The first-order valence-corrected chi connectivity index (χ1v) is 8.41. The number of aromatic hydroxyl groups is 1. The normalized spacial score (nSPS) is 24.0. The maximum Gasteiger partial charge on any atom is 0.153 e. The number of benzene rings is 1. The Bertz CT molecular complexity index is 544. The monoisotopic (exact) mass is 333 g/mol. The number of sulfone groups is 1. The highest BCUT2D eigenvalue weighted by atomic mass is 79.9. The SMILES string of the molecule is CC1CS(=O)(=O)CCN1Cc1cc(O)ccc1Br. The summed E-state index contributed by atoms with van der Waals surface area (Å²) in [7, 11) is -2.88. The lowest BCUT2D eigenvalue weighted by Gasteiger charge is -2.33. The molecule has 1 aromatic rings. The third-order valence-corrected chi connectivity index (χ3v) is 5.78. The zero-order valence-corrected chi connectivity index (χ0v) is 12.5. The van der Waals surface area contributed by atoms with Crippen LogP contribution < -0.4 is 0 Å². The van der Waals surface area contributed by atoms with Crippen LogP contribution >= 0.6 is 15.9 Å². The molecule has 1 aromatic carbocycles. The molecule has 1 atom stereocenters.